The van der Waals surface area contributed by atoms with Gasteiger partial charge in [0, 0.05) is 25.7 Å². The average Bonchev–Trinajstić information content (AvgIpc) is 3.13. The summed E-state index contributed by atoms with van der Waals surface area (Å²) in [6.07, 6.45) is -0.654. The zero-order chi connectivity index (χ0) is 20.8. The van der Waals surface area contributed by atoms with Crippen molar-refractivity contribution in [2.24, 2.45) is 0 Å². The van der Waals surface area contributed by atoms with Crippen LogP contribution in [0.15, 0.2) is 83.7 Å². The van der Waals surface area contributed by atoms with Gasteiger partial charge >= 0.3 is 5.69 Å². The molecule has 6 nitrogen and oxygen atoms in total. The largest absolute Gasteiger partial charge is 0.491 e. The minimum Gasteiger partial charge on any atom is -0.491 e. The molecule has 1 heterocycles. The molecule has 0 unspecified atom stereocenters. The predicted molar refractivity (Wildman–Crippen MR) is 117 cm³/mol. The van der Waals surface area contributed by atoms with Crippen LogP contribution in [0.1, 0.15) is 11.1 Å². The fourth-order valence-corrected chi connectivity index (χ4v) is 3.51. The normalized spacial score (nSPS) is 12.3. The van der Waals surface area contributed by atoms with E-state index in [1.54, 1.807) is 18.2 Å². The summed E-state index contributed by atoms with van der Waals surface area (Å²) in [6, 6.07) is 25.8. The lowest BCUT2D eigenvalue weighted by atomic mass is 10.1. The van der Waals surface area contributed by atoms with Gasteiger partial charge in [-0.05, 0) is 23.3 Å². The van der Waals surface area contributed by atoms with E-state index in [2.05, 4.69) is 39.1 Å². The highest BCUT2D eigenvalue weighted by molar-refractivity contribution is 5.75. The first-order chi connectivity index (χ1) is 14.7. The van der Waals surface area contributed by atoms with Crippen molar-refractivity contribution < 1.29 is 9.84 Å². The molecule has 3 N–H and O–H groups in total. The van der Waals surface area contributed by atoms with Crippen LogP contribution in [0.3, 0.4) is 0 Å². The van der Waals surface area contributed by atoms with Gasteiger partial charge in [-0.15, -0.1) is 0 Å². The van der Waals surface area contributed by atoms with E-state index in [1.807, 2.05) is 36.4 Å². The predicted octanol–water partition coefficient (Wildman–Crippen LogP) is 3.30. The summed E-state index contributed by atoms with van der Waals surface area (Å²) in [6.45, 7) is 2.12. The molecule has 0 saturated heterocycles. The Bertz CT molecular complexity index is 1080. The van der Waals surface area contributed by atoms with Crippen LogP contribution >= 0.6 is 0 Å². The first-order valence-corrected chi connectivity index (χ1v) is 9.99. The summed E-state index contributed by atoms with van der Waals surface area (Å²) in [7, 11) is 0. The molecule has 0 aliphatic carbocycles. The van der Waals surface area contributed by atoms with Crippen LogP contribution in [0.5, 0.6) is 5.75 Å². The highest BCUT2D eigenvalue weighted by atomic mass is 16.5. The van der Waals surface area contributed by atoms with Gasteiger partial charge in [0.2, 0.25) is 0 Å². The number of aliphatic hydroxyl groups is 1. The van der Waals surface area contributed by atoms with Crippen molar-refractivity contribution in [2.45, 2.75) is 19.2 Å². The molecule has 0 fully saturated rings. The number of hydrogen-bond acceptors (Lipinski definition) is 4. The molecule has 3 aromatic carbocycles. The molecule has 30 heavy (non-hydrogen) atoms. The summed E-state index contributed by atoms with van der Waals surface area (Å²) in [5, 5.41) is 10.6. The third kappa shape index (κ3) is 5.37. The fourth-order valence-electron chi connectivity index (χ4n) is 3.51. The molecule has 6 heteroatoms. The van der Waals surface area contributed by atoms with E-state index >= 15 is 0 Å². The van der Waals surface area contributed by atoms with Crippen molar-refractivity contribution in [3.8, 4) is 5.75 Å². The van der Waals surface area contributed by atoms with E-state index in [0.29, 0.717) is 17.8 Å². The highest BCUT2D eigenvalue weighted by Crippen LogP contribution is 2.17. The molecule has 0 saturated carbocycles. The summed E-state index contributed by atoms with van der Waals surface area (Å²) >= 11 is 0. The molecule has 154 valence electrons. The molecule has 0 bridgehead atoms. The molecule has 0 spiro atoms. The summed E-state index contributed by atoms with van der Waals surface area (Å²) in [4.78, 5) is 19.0. The molecule has 0 radical (unpaired) electrons. The molecule has 1 atom stereocenters. The van der Waals surface area contributed by atoms with Crippen LogP contribution < -0.4 is 10.4 Å². The Balaban J connectivity index is 1.39. The first-order valence-electron chi connectivity index (χ1n) is 9.99. The number of fused-ring (bicyclic) bond motifs is 1. The quantitative estimate of drug-likeness (QED) is 0.401. The zero-order valence-electron chi connectivity index (χ0n) is 16.6. The van der Waals surface area contributed by atoms with E-state index in [-0.39, 0.29) is 12.3 Å². The Labute approximate surface area is 174 Å². The number of imidazole rings is 1. The Morgan fingerprint density at radius 3 is 2.07 bits per heavy atom. The van der Waals surface area contributed by atoms with Crippen molar-refractivity contribution in [3.05, 3.63) is 100 Å². The maximum Gasteiger partial charge on any atom is 0.323 e. The molecule has 4 rings (SSSR count). The van der Waals surface area contributed by atoms with E-state index in [0.717, 1.165) is 18.6 Å². The Kier molecular flexibility index (Phi) is 6.27. The van der Waals surface area contributed by atoms with Crippen LogP contribution in [-0.2, 0) is 13.1 Å². The number of nitrogens with zero attached hydrogens (tertiary/aromatic N) is 1. The maximum absolute atomic E-state index is 11.4. The highest BCUT2D eigenvalue weighted by Gasteiger charge is 2.14. The average molecular weight is 403 g/mol. The molecule has 4 aromatic rings. The first kappa shape index (κ1) is 19.9. The minimum absolute atomic E-state index is 0.167. The van der Waals surface area contributed by atoms with Gasteiger partial charge in [0.1, 0.15) is 18.5 Å². The smallest absolute Gasteiger partial charge is 0.323 e. The van der Waals surface area contributed by atoms with Crippen LogP contribution in [0.4, 0.5) is 0 Å². The second-order valence-electron chi connectivity index (χ2n) is 7.39. The van der Waals surface area contributed by atoms with E-state index in [1.165, 1.54) is 11.1 Å². The molecule has 1 aromatic heterocycles. The summed E-state index contributed by atoms with van der Waals surface area (Å²) < 4.78 is 5.77. The standard InChI is InChI=1S/C24H25N3O3/c28-20(17-30-21-11-12-22-23(13-21)26-24(29)25-22)16-27(14-18-7-3-1-4-8-18)15-19-9-5-2-6-10-19/h1-13,20,28H,14-17H2,(H2,25,26,29)/t20-/m0/s1. The lowest BCUT2D eigenvalue weighted by Gasteiger charge is -2.25. The Morgan fingerprint density at radius 2 is 1.43 bits per heavy atom. The van der Waals surface area contributed by atoms with Crippen LogP contribution in [0, 0.1) is 0 Å². The van der Waals surface area contributed by atoms with Crippen molar-refractivity contribution in [2.75, 3.05) is 13.2 Å². The van der Waals surface area contributed by atoms with Crippen molar-refractivity contribution >= 4 is 11.0 Å². The number of hydrogen-bond donors (Lipinski definition) is 3. The SMILES string of the molecule is O=c1[nH]c2ccc(OC[C@@H](O)CN(Cc3ccccc3)Cc3ccccc3)cc2[nH]1. The molecule has 0 aliphatic rings. The summed E-state index contributed by atoms with van der Waals surface area (Å²) in [5.74, 6) is 0.606. The lowest BCUT2D eigenvalue weighted by molar-refractivity contribution is 0.0629. The lowest BCUT2D eigenvalue weighted by Crippen LogP contribution is -2.35. The van der Waals surface area contributed by atoms with Crippen LogP contribution in [0.25, 0.3) is 11.0 Å². The van der Waals surface area contributed by atoms with Crippen molar-refractivity contribution in [3.63, 3.8) is 0 Å². The number of aromatic amines is 2. The minimum atomic E-state index is -0.654. The van der Waals surface area contributed by atoms with E-state index < -0.39 is 6.10 Å². The van der Waals surface area contributed by atoms with Gasteiger partial charge in [-0.1, -0.05) is 60.7 Å². The number of H-pyrrole nitrogens is 2. The zero-order valence-corrected chi connectivity index (χ0v) is 16.6. The third-order valence-electron chi connectivity index (χ3n) is 4.90. The monoisotopic (exact) mass is 403 g/mol. The van der Waals surface area contributed by atoms with Crippen molar-refractivity contribution in [1.29, 1.82) is 0 Å². The molecule has 0 amide bonds. The van der Waals surface area contributed by atoms with Gasteiger partial charge in [0.15, 0.2) is 0 Å². The number of nitrogens with one attached hydrogen (secondary N) is 2. The molecule has 0 aliphatic heterocycles. The number of rotatable bonds is 9. The number of ether oxygens (including phenoxy) is 1. The van der Waals surface area contributed by atoms with Gasteiger partial charge < -0.3 is 19.8 Å². The number of benzene rings is 3. The Morgan fingerprint density at radius 1 is 0.833 bits per heavy atom. The number of aliphatic hydroxyl groups excluding tert-OH is 1. The van der Waals surface area contributed by atoms with Gasteiger partial charge in [-0.3, -0.25) is 4.90 Å². The second kappa shape index (κ2) is 9.43. The van der Waals surface area contributed by atoms with E-state index in [4.69, 9.17) is 4.74 Å². The maximum atomic E-state index is 11.4. The van der Waals surface area contributed by atoms with Gasteiger partial charge in [0.05, 0.1) is 11.0 Å². The van der Waals surface area contributed by atoms with Crippen LogP contribution in [-0.4, -0.2) is 39.2 Å². The van der Waals surface area contributed by atoms with Gasteiger partial charge in [-0.25, -0.2) is 4.79 Å². The van der Waals surface area contributed by atoms with Gasteiger partial charge in [0.25, 0.3) is 0 Å². The summed E-state index contributed by atoms with van der Waals surface area (Å²) in [5.41, 5.74) is 3.55. The van der Waals surface area contributed by atoms with Crippen molar-refractivity contribution in [1.82, 2.24) is 14.9 Å². The topological polar surface area (TPSA) is 81.3 Å². The molecular formula is C24H25N3O3. The third-order valence-corrected chi connectivity index (χ3v) is 4.90. The fraction of sp³-hybridized carbons (Fsp3) is 0.208. The van der Waals surface area contributed by atoms with Gasteiger partial charge in [-0.2, -0.15) is 0 Å². The van der Waals surface area contributed by atoms with Crippen LogP contribution in [0.2, 0.25) is 0 Å². The number of aromatic nitrogens is 2. The second-order valence-corrected chi connectivity index (χ2v) is 7.39. The molecular weight excluding hydrogens is 378 g/mol. The Hall–Kier alpha value is -3.35. The van der Waals surface area contributed by atoms with E-state index in [9.17, 15) is 9.90 Å².